The third kappa shape index (κ3) is 3.14. The van der Waals surface area contributed by atoms with E-state index in [9.17, 15) is 0 Å². The zero-order valence-electron chi connectivity index (χ0n) is 12.0. The fourth-order valence-corrected chi connectivity index (χ4v) is 3.21. The van der Waals surface area contributed by atoms with Crippen molar-refractivity contribution in [1.82, 2.24) is 5.32 Å². The minimum absolute atomic E-state index is 0.404. The zero-order chi connectivity index (χ0) is 12.8. The van der Waals surface area contributed by atoms with Gasteiger partial charge in [0, 0.05) is 12.0 Å². The maximum Gasteiger partial charge on any atom is 0.00777 e. The van der Waals surface area contributed by atoms with E-state index in [4.69, 9.17) is 0 Å². The average Bonchev–Trinajstić information content (AvgIpc) is 2.41. The maximum absolute atomic E-state index is 3.66. The molecule has 1 aromatic carbocycles. The molecule has 0 spiro atoms. The molecule has 1 aliphatic carbocycles. The standard InChI is InChI=1S/C17H27N/c1-3-13-18-14-17(11-5-4-6-12-17)16-9-7-15(2)8-10-16/h7-10,18H,3-6,11-14H2,1-2H3. The van der Waals surface area contributed by atoms with E-state index < -0.39 is 0 Å². The van der Waals surface area contributed by atoms with Gasteiger partial charge in [-0.05, 0) is 38.3 Å². The molecule has 0 heterocycles. The van der Waals surface area contributed by atoms with Crippen LogP contribution in [0.2, 0.25) is 0 Å². The molecule has 2 rings (SSSR count). The lowest BCUT2D eigenvalue weighted by Gasteiger charge is -2.38. The number of hydrogen-bond acceptors (Lipinski definition) is 1. The van der Waals surface area contributed by atoms with Crippen molar-refractivity contribution < 1.29 is 0 Å². The Morgan fingerprint density at radius 3 is 2.33 bits per heavy atom. The van der Waals surface area contributed by atoms with Gasteiger partial charge in [0.15, 0.2) is 0 Å². The monoisotopic (exact) mass is 245 g/mol. The van der Waals surface area contributed by atoms with Crippen LogP contribution in [0.15, 0.2) is 24.3 Å². The summed E-state index contributed by atoms with van der Waals surface area (Å²) in [6.07, 6.45) is 8.13. The first-order valence-corrected chi connectivity index (χ1v) is 7.55. The molecule has 1 aromatic rings. The van der Waals surface area contributed by atoms with Gasteiger partial charge >= 0.3 is 0 Å². The SMILES string of the molecule is CCCNCC1(c2ccc(C)cc2)CCCCC1. The van der Waals surface area contributed by atoms with Crippen molar-refractivity contribution >= 4 is 0 Å². The molecule has 0 unspecified atom stereocenters. The summed E-state index contributed by atoms with van der Waals surface area (Å²) in [5.74, 6) is 0. The molecule has 1 fully saturated rings. The van der Waals surface area contributed by atoms with E-state index in [1.54, 1.807) is 5.56 Å². The van der Waals surface area contributed by atoms with Crippen LogP contribution in [-0.2, 0) is 5.41 Å². The maximum atomic E-state index is 3.66. The molecular formula is C17H27N. The Morgan fingerprint density at radius 1 is 1.06 bits per heavy atom. The van der Waals surface area contributed by atoms with Gasteiger partial charge in [0.05, 0.1) is 0 Å². The Morgan fingerprint density at radius 2 is 1.72 bits per heavy atom. The number of benzene rings is 1. The second kappa shape index (κ2) is 6.38. The Bertz CT molecular complexity index is 346. The Labute approximate surface area is 112 Å². The highest BCUT2D eigenvalue weighted by Gasteiger charge is 2.33. The first kappa shape index (κ1) is 13.6. The molecule has 0 saturated heterocycles. The lowest BCUT2D eigenvalue weighted by molar-refractivity contribution is 0.280. The molecule has 0 aromatic heterocycles. The van der Waals surface area contributed by atoms with Gasteiger partial charge in [-0.1, -0.05) is 56.0 Å². The first-order chi connectivity index (χ1) is 8.77. The molecule has 18 heavy (non-hydrogen) atoms. The highest BCUT2D eigenvalue weighted by Crippen LogP contribution is 2.39. The van der Waals surface area contributed by atoms with Gasteiger partial charge in [-0.3, -0.25) is 0 Å². The van der Waals surface area contributed by atoms with Crippen LogP contribution in [0.25, 0.3) is 0 Å². The normalized spacial score (nSPS) is 18.8. The number of nitrogens with one attached hydrogen (secondary N) is 1. The highest BCUT2D eigenvalue weighted by molar-refractivity contribution is 5.29. The van der Waals surface area contributed by atoms with Crippen LogP contribution in [0.1, 0.15) is 56.6 Å². The van der Waals surface area contributed by atoms with Crippen molar-refractivity contribution in [1.29, 1.82) is 0 Å². The van der Waals surface area contributed by atoms with E-state index in [2.05, 4.69) is 43.4 Å². The lowest BCUT2D eigenvalue weighted by atomic mass is 9.69. The first-order valence-electron chi connectivity index (χ1n) is 7.55. The summed E-state index contributed by atoms with van der Waals surface area (Å²) in [4.78, 5) is 0. The van der Waals surface area contributed by atoms with Gasteiger partial charge in [-0.25, -0.2) is 0 Å². The molecule has 0 atom stereocenters. The summed E-state index contributed by atoms with van der Waals surface area (Å²) in [5.41, 5.74) is 3.32. The van der Waals surface area contributed by atoms with Crippen LogP contribution in [0, 0.1) is 6.92 Å². The molecule has 0 radical (unpaired) electrons. The Balaban J connectivity index is 2.15. The summed E-state index contributed by atoms with van der Waals surface area (Å²) < 4.78 is 0. The van der Waals surface area contributed by atoms with E-state index in [-0.39, 0.29) is 0 Å². The van der Waals surface area contributed by atoms with Crippen LogP contribution >= 0.6 is 0 Å². The predicted octanol–water partition coefficient (Wildman–Crippen LogP) is 4.20. The van der Waals surface area contributed by atoms with Crippen LogP contribution < -0.4 is 5.32 Å². The lowest BCUT2D eigenvalue weighted by Crippen LogP contribution is -2.40. The zero-order valence-corrected chi connectivity index (χ0v) is 12.0. The van der Waals surface area contributed by atoms with Gasteiger partial charge in [-0.15, -0.1) is 0 Å². The van der Waals surface area contributed by atoms with E-state index >= 15 is 0 Å². The molecule has 0 bridgehead atoms. The van der Waals surface area contributed by atoms with Crippen LogP contribution in [0.4, 0.5) is 0 Å². The minimum atomic E-state index is 0.404. The molecule has 0 aliphatic heterocycles. The van der Waals surface area contributed by atoms with Gasteiger partial charge in [0.25, 0.3) is 0 Å². The second-order valence-corrected chi connectivity index (χ2v) is 5.88. The van der Waals surface area contributed by atoms with E-state index in [0.717, 1.165) is 13.1 Å². The van der Waals surface area contributed by atoms with Crippen molar-refractivity contribution in [3.05, 3.63) is 35.4 Å². The molecule has 1 heteroatoms. The molecule has 1 aliphatic rings. The number of aryl methyl sites for hydroxylation is 1. The molecule has 1 saturated carbocycles. The molecule has 100 valence electrons. The highest BCUT2D eigenvalue weighted by atomic mass is 14.9. The fourth-order valence-electron chi connectivity index (χ4n) is 3.21. The van der Waals surface area contributed by atoms with Gasteiger partial charge < -0.3 is 5.32 Å². The van der Waals surface area contributed by atoms with Crippen molar-refractivity contribution in [2.75, 3.05) is 13.1 Å². The van der Waals surface area contributed by atoms with Crippen LogP contribution in [-0.4, -0.2) is 13.1 Å². The van der Waals surface area contributed by atoms with Gasteiger partial charge in [-0.2, -0.15) is 0 Å². The van der Waals surface area contributed by atoms with Crippen molar-refractivity contribution in [2.24, 2.45) is 0 Å². The second-order valence-electron chi connectivity index (χ2n) is 5.88. The van der Waals surface area contributed by atoms with Crippen molar-refractivity contribution in [3.8, 4) is 0 Å². The van der Waals surface area contributed by atoms with Crippen molar-refractivity contribution in [2.45, 2.75) is 57.8 Å². The number of rotatable bonds is 5. The Kier molecular flexibility index (Phi) is 4.82. The van der Waals surface area contributed by atoms with E-state index in [1.807, 2.05) is 0 Å². The molecular weight excluding hydrogens is 218 g/mol. The average molecular weight is 245 g/mol. The summed E-state index contributed by atoms with van der Waals surface area (Å²) >= 11 is 0. The summed E-state index contributed by atoms with van der Waals surface area (Å²) in [7, 11) is 0. The van der Waals surface area contributed by atoms with Gasteiger partial charge in [0.2, 0.25) is 0 Å². The largest absolute Gasteiger partial charge is 0.316 e. The summed E-state index contributed by atoms with van der Waals surface area (Å²) in [5, 5.41) is 3.66. The molecule has 1 nitrogen and oxygen atoms in total. The third-order valence-corrected chi connectivity index (χ3v) is 4.36. The smallest absolute Gasteiger partial charge is 0.00777 e. The quantitative estimate of drug-likeness (QED) is 0.767. The summed E-state index contributed by atoms with van der Waals surface area (Å²) in [6, 6.07) is 9.25. The van der Waals surface area contributed by atoms with Crippen LogP contribution in [0.5, 0.6) is 0 Å². The van der Waals surface area contributed by atoms with Gasteiger partial charge in [0.1, 0.15) is 0 Å². The molecule has 0 amide bonds. The predicted molar refractivity (Wildman–Crippen MR) is 79.1 cm³/mol. The van der Waals surface area contributed by atoms with Crippen molar-refractivity contribution in [3.63, 3.8) is 0 Å². The third-order valence-electron chi connectivity index (χ3n) is 4.36. The van der Waals surface area contributed by atoms with E-state index in [0.29, 0.717) is 5.41 Å². The van der Waals surface area contributed by atoms with Crippen LogP contribution in [0.3, 0.4) is 0 Å². The minimum Gasteiger partial charge on any atom is -0.316 e. The van der Waals surface area contributed by atoms with E-state index in [1.165, 1.54) is 44.1 Å². The molecule has 1 N–H and O–H groups in total. The fraction of sp³-hybridized carbons (Fsp3) is 0.647. The number of hydrogen-bond donors (Lipinski definition) is 1. The Hall–Kier alpha value is -0.820. The topological polar surface area (TPSA) is 12.0 Å². The summed E-state index contributed by atoms with van der Waals surface area (Å²) in [6.45, 7) is 6.72.